The number of nitrogens with zero attached hydrogens (tertiary/aromatic N) is 3. The van der Waals surface area contributed by atoms with Gasteiger partial charge in [-0.1, -0.05) is 5.10 Å². The van der Waals surface area contributed by atoms with Crippen molar-refractivity contribution < 1.29 is 9.21 Å². The molecular weight excluding hydrogens is 210 g/mol. The highest BCUT2D eigenvalue weighted by atomic mass is 16.4. The van der Waals surface area contributed by atoms with Crippen molar-refractivity contribution in [1.82, 2.24) is 15.5 Å². The van der Waals surface area contributed by atoms with E-state index in [1.807, 2.05) is 0 Å². The lowest BCUT2D eigenvalue weighted by atomic mass is 10.2. The molecule has 0 radical (unpaired) electrons. The highest BCUT2D eigenvalue weighted by Gasteiger charge is 2.28. The van der Waals surface area contributed by atoms with Gasteiger partial charge in [0.15, 0.2) is 0 Å². The van der Waals surface area contributed by atoms with Crippen LogP contribution in [0, 0.1) is 0 Å². The molecule has 1 unspecified atom stereocenters. The van der Waals surface area contributed by atoms with Crippen LogP contribution in [0.4, 0.5) is 6.01 Å². The summed E-state index contributed by atoms with van der Waals surface area (Å²) < 4.78 is 5.43. The Labute approximate surface area is 93.0 Å². The molecule has 1 amide bonds. The molecule has 0 bridgehead atoms. The Bertz CT molecular complexity index is 378. The fourth-order valence-electron chi connectivity index (χ4n) is 1.63. The molecule has 7 heteroatoms. The van der Waals surface area contributed by atoms with E-state index < -0.39 is 0 Å². The first-order valence-corrected chi connectivity index (χ1v) is 5.29. The largest absolute Gasteiger partial charge is 0.408 e. The van der Waals surface area contributed by atoms with Crippen molar-refractivity contribution in [1.29, 1.82) is 0 Å². The molecule has 1 saturated heterocycles. The van der Waals surface area contributed by atoms with Gasteiger partial charge < -0.3 is 20.4 Å². The standard InChI is InChI=1S/C9H15N5O2/c1-6-8(15)11-4-5-14(6)9-13-12-7(16-9)2-3-10/h6H,2-5,10H2,1H3,(H,11,15). The molecule has 3 N–H and O–H groups in total. The van der Waals surface area contributed by atoms with Gasteiger partial charge in [-0.2, -0.15) is 0 Å². The zero-order valence-electron chi connectivity index (χ0n) is 9.14. The van der Waals surface area contributed by atoms with E-state index in [0.717, 1.165) is 0 Å². The van der Waals surface area contributed by atoms with Crippen LogP contribution in [0.1, 0.15) is 12.8 Å². The van der Waals surface area contributed by atoms with Crippen molar-refractivity contribution >= 4 is 11.9 Å². The molecule has 16 heavy (non-hydrogen) atoms. The zero-order chi connectivity index (χ0) is 11.5. The van der Waals surface area contributed by atoms with Gasteiger partial charge in [0.25, 0.3) is 0 Å². The highest BCUT2D eigenvalue weighted by molar-refractivity contribution is 5.85. The van der Waals surface area contributed by atoms with Crippen LogP contribution in [-0.4, -0.2) is 41.8 Å². The number of nitrogens with two attached hydrogens (primary N) is 1. The van der Waals surface area contributed by atoms with Crippen LogP contribution in [0.15, 0.2) is 4.42 Å². The quantitative estimate of drug-likeness (QED) is 0.677. The summed E-state index contributed by atoms with van der Waals surface area (Å²) in [5.74, 6) is 0.487. The topological polar surface area (TPSA) is 97.3 Å². The van der Waals surface area contributed by atoms with Crippen molar-refractivity contribution in [2.75, 3.05) is 24.5 Å². The average molecular weight is 225 g/mol. The Morgan fingerprint density at radius 1 is 1.62 bits per heavy atom. The van der Waals surface area contributed by atoms with Crippen LogP contribution in [0.3, 0.4) is 0 Å². The molecule has 0 aromatic carbocycles. The third-order valence-electron chi connectivity index (χ3n) is 2.56. The van der Waals surface area contributed by atoms with E-state index in [2.05, 4.69) is 15.5 Å². The summed E-state index contributed by atoms with van der Waals surface area (Å²) in [5, 5.41) is 10.6. The number of hydrogen-bond donors (Lipinski definition) is 2. The number of amides is 1. The van der Waals surface area contributed by atoms with E-state index in [-0.39, 0.29) is 11.9 Å². The van der Waals surface area contributed by atoms with Crippen LogP contribution in [0.5, 0.6) is 0 Å². The van der Waals surface area contributed by atoms with E-state index in [4.69, 9.17) is 10.2 Å². The average Bonchev–Trinajstić information content (AvgIpc) is 2.71. The minimum absolute atomic E-state index is 0.0233. The molecule has 1 atom stereocenters. The second-order valence-electron chi connectivity index (χ2n) is 3.68. The van der Waals surface area contributed by atoms with Crippen molar-refractivity contribution in [2.24, 2.45) is 5.73 Å². The molecular formula is C9H15N5O2. The maximum absolute atomic E-state index is 11.4. The minimum Gasteiger partial charge on any atom is -0.408 e. The molecule has 1 aromatic heterocycles. The Hall–Kier alpha value is -1.63. The molecule has 88 valence electrons. The van der Waals surface area contributed by atoms with Crippen molar-refractivity contribution in [3.05, 3.63) is 5.89 Å². The number of anilines is 1. The van der Waals surface area contributed by atoms with Gasteiger partial charge in [0.05, 0.1) is 0 Å². The summed E-state index contributed by atoms with van der Waals surface area (Å²) in [6.45, 7) is 3.55. The monoisotopic (exact) mass is 225 g/mol. The number of hydrogen-bond acceptors (Lipinski definition) is 6. The summed E-state index contributed by atoms with van der Waals surface area (Å²) in [6.07, 6.45) is 0.557. The number of piperazine rings is 1. The molecule has 0 saturated carbocycles. The SMILES string of the molecule is CC1C(=O)NCCN1c1nnc(CCN)o1. The summed E-state index contributed by atoms with van der Waals surface area (Å²) in [5.41, 5.74) is 5.39. The Morgan fingerprint density at radius 2 is 2.44 bits per heavy atom. The second-order valence-corrected chi connectivity index (χ2v) is 3.68. The predicted octanol–water partition coefficient (Wildman–Crippen LogP) is -1.10. The summed E-state index contributed by atoms with van der Waals surface area (Å²) in [7, 11) is 0. The number of aromatic nitrogens is 2. The van der Waals surface area contributed by atoms with E-state index in [9.17, 15) is 4.79 Å². The van der Waals surface area contributed by atoms with Crippen LogP contribution in [0.25, 0.3) is 0 Å². The summed E-state index contributed by atoms with van der Waals surface area (Å²) in [6, 6.07) is 0.116. The Morgan fingerprint density at radius 3 is 3.19 bits per heavy atom. The van der Waals surface area contributed by atoms with E-state index in [1.54, 1.807) is 11.8 Å². The van der Waals surface area contributed by atoms with Crippen molar-refractivity contribution in [2.45, 2.75) is 19.4 Å². The number of carbonyl (C=O) groups is 1. The highest BCUT2D eigenvalue weighted by Crippen LogP contribution is 2.16. The first-order chi connectivity index (χ1) is 7.72. The van der Waals surface area contributed by atoms with Gasteiger partial charge in [-0.15, -0.1) is 5.10 Å². The van der Waals surface area contributed by atoms with Gasteiger partial charge in [0.2, 0.25) is 11.8 Å². The van der Waals surface area contributed by atoms with Crippen LogP contribution in [-0.2, 0) is 11.2 Å². The summed E-state index contributed by atoms with van der Waals surface area (Å²) in [4.78, 5) is 13.2. The fourth-order valence-corrected chi connectivity index (χ4v) is 1.63. The van der Waals surface area contributed by atoms with Gasteiger partial charge in [-0.25, -0.2) is 0 Å². The summed E-state index contributed by atoms with van der Waals surface area (Å²) >= 11 is 0. The molecule has 0 aliphatic carbocycles. The van der Waals surface area contributed by atoms with E-state index in [0.29, 0.717) is 38.0 Å². The van der Waals surface area contributed by atoms with Gasteiger partial charge in [0, 0.05) is 26.1 Å². The predicted molar refractivity (Wildman–Crippen MR) is 56.9 cm³/mol. The lowest BCUT2D eigenvalue weighted by molar-refractivity contribution is -0.123. The zero-order valence-corrected chi connectivity index (χ0v) is 9.14. The molecule has 0 spiro atoms. The third-order valence-corrected chi connectivity index (χ3v) is 2.56. The smallest absolute Gasteiger partial charge is 0.318 e. The van der Waals surface area contributed by atoms with Gasteiger partial charge in [-0.3, -0.25) is 4.79 Å². The van der Waals surface area contributed by atoms with Gasteiger partial charge in [0.1, 0.15) is 6.04 Å². The second kappa shape index (κ2) is 4.48. The maximum atomic E-state index is 11.4. The van der Waals surface area contributed by atoms with E-state index in [1.165, 1.54) is 0 Å². The molecule has 1 fully saturated rings. The van der Waals surface area contributed by atoms with E-state index >= 15 is 0 Å². The lowest BCUT2D eigenvalue weighted by Gasteiger charge is -2.30. The van der Waals surface area contributed by atoms with Gasteiger partial charge in [-0.05, 0) is 6.92 Å². The minimum atomic E-state index is -0.278. The first-order valence-electron chi connectivity index (χ1n) is 5.29. The number of rotatable bonds is 3. The third kappa shape index (κ3) is 1.99. The lowest BCUT2D eigenvalue weighted by Crippen LogP contribution is -2.54. The van der Waals surface area contributed by atoms with Crippen molar-refractivity contribution in [3.63, 3.8) is 0 Å². The first kappa shape index (κ1) is 10.9. The van der Waals surface area contributed by atoms with Crippen LogP contribution < -0.4 is 16.0 Å². The van der Waals surface area contributed by atoms with Crippen molar-refractivity contribution in [3.8, 4) is 0 Å². The molecule has 2 rings (SSSR count). The maximum Gasteiger partial charge on any atom is 0.318 e. The molecule has 1 aromatic rings. The van der Waals surface area contributed by atoms with Crippen LogP contribution >= 0.6 is 0 Å². The van der Waals surface area contributed by atoms with Crippen LogP contribution in [0.2, 0.25) is 0 Å². The Balaban J connectivity index is 2.12. The molecule has 7 nitrogen and oxygen atoms in total. The number of nitrogens with one attached hydrogen (secondary N) is 1. The molecule has 2 heterocycles. The molecule has 1 aliphatic rings. The molecule has 1 aliphatic heterocycles. The normalized spacial score (nSPS) is 21.0. The fraction of sp³-hybridized carbons (Fsp3) is 0.667. The van der Waals surface area contributed by atoms with Gasteiger partial charge >= 0.3 is 6.01 Å². The Kier molecular flexibility index (Phi) is 3.04. The number of carbonyl (C=O) groups excluding carboxylic acids is 1.